The fraction of sp³-hybridized carbons (Fsp3) is 0.533. The van der Waals surface area contributed by atoms with E-state index in [4.69, 9.17) is 4.74 Å². The Labute approximate surface area is 131 Å². The molecule has 0 fully saturated rings. The fourth-order valence-corrected chi connectivity index (χ4v) is 2.63. The van der Waals surface area contributed by atoms with Crippen molar-refractivity contribution < 1.29 is 21.8 Å². The zero-order valence-corrected chi connectivity index (χ0v) is 13.8. The van der Waals surface area contributed by atoms with Crippen molar-refractivity contribution in [3.8, 4) is 0 Å². The van der Waals surface area contributed by atoms with Gasteiger partial charge in [0, 0.05) is 6.04 Å². The molecule has 0 aliphatic carbocycles. The summed E-state index contributed by atoms with van der Waals surface area (Å²) >= 11 is 0. The molecule has 0 aliphatic heterocycles. The molecule has 124 valence electrons. The highest BCUT2D eigenvalue weighted by molar-refractivity contribution is 7.86. The molecule has 0 aromatic heterocycles. The van der Waals surface area contributed by atoms with Gasteiger partial charge in [-0.05, 0) is 39.2 Å². The van der Waals surface area contributed by atoms with Gasteiger partial charge in [0.1, 0.15) is 11.4 Å². The van der Waals surface area contributed by atoms with Crippen molar-refractivity contribution in [3.63, 3.8) is 0 Å². The molecular weight excluding hydrogens is 309 g/mol. The number of ether oxygens (including phenoxy) is 1. The number of hydrogen-bond acceptors (Lipinski definition) is 4. The standard InChI is InChI=1S/C15H22FNO4S/c1-15(2,3)21-14(18)17-13(11-22(16,19)20)10-9-12-7-5-4-6-8-12/h4-8,13H,9-11H2,1-3H3,(H,17,18). The van der Waals surface area contributed by atoms with Gasteiger partial charge in [0.15, 0.2) is 0 Å². The number of amides is 1. The zero-order chi connectivity index (χ0) is 16.8. The minimum atomic E-state index is -4.69. The summed E-state index contributed by atoms with van der Waals surface area (Å²) in [4.78, 5) is 11.7. The Balaban J connectivity index is 2.65. The first-order valence-electron chi connectivity index (χ1n) is 7.01. The highest BCUT2D eigenvalue weighted by atomic mass is 32.3. The number of aryl methyl sites for hydroxylation is 1. The van der Waals surface area contributed by atoms with Gasteiger partial charge >= 0.3 is 16.3 Å². The molecule has 0 spiro atoms. The molecule has 0 bridgehead atoms. The van der Waals surface area contributed by atoms with E-state index in [0.29, 0.717) is 12.8 Å². The molecule has 1 aromatic carbocycles. The van der Waals surface area contributed by atoms with E-state index in [1.807, 2.05) is 30.3 Å². The SMILES string of the molecule is CC(C)(C)OC(=O)NC(CCc1ccccc1)CS(=O)(=O)F. The van der Waals surface area contributed by atoms with E-state index in [0.717, 1.165) is 5.56 Å². The van der Waals surface area contributed by atoms with E-state index in [1.165, 1.54) is 0 Å². The first-order chi connectivity index (χ1) is 10.1. The summed E-state index contributed by atoms with van der Waals surface area (Å²) in [5, 5.41) is 2.42. The van der Waals surface area contributed by atoms with Crippen molar-refractivity contribution in [1.29, 1.82) is 0 Å². The highest BCUT2D eigenvalue weighted by Crippen LogP contribution is 2.10. The van der Waals surface area contributed by atoms with Crippen LogP contribution in [-0.4, -0.2) is 31.9 Å². The Hall–Kier alpha value is -1.63. The number of halogens is 1. The van der Waals surface area contributed by atoms with Gasteiger partial charge in [-0.3, -0.25) is 0 Å². The second kappa shape index (κ2) is 7.58. The predicted molar refractivity (Wildman–Crippen MR) is 82.8 cm³/mol. The zero-order valence-electron chi connectivity index (χ0n) is 13.0. The van der Waals surface area contributed by atoms with Crippen LogP contribution in [0.2, 0.25) is 0 Å². The van der Waals surface area contributed by atoms with Crippen LogP contribution >= 0.6 is 0 Å². The molecule has 1 rings (SSSR count). The molecule has 7 heteroatoms. The first kappa shape index (κ1) is 18.4. The number of rotatable bonds is 6. The predicted octanol–water partition coefficient (Wildman–Crippen LogP) is 2.81. The van der Waals surface area contributed by atoms with Crippen molar-refractivity contribution in [3.05, 3.63) is 35.9 Å². The van der Waals surface area contributed by atoms with Gasteiger partial charge < -0.3 is 10.1 Å². The second-order valence-corrected chi connectivity index (χ2v) is 7.48. The monoisotopic (exact) mass is 331 g/mol. The minimum absolute atomic E-state index is 0.298. The maximum Gasteiger partial charge on any atom is 0.407 e. The minimum Gasteiger partial charge on any atom is -0.444 e. The number of carbonyl (C=O) groups excluding carboxylic acids is 1. The van der Waals surface area contributed by atoms with Crippen LogP contribution in [0.25, 0.3) is 0 Å². The van der Waals surface area contributed by atoms with Gasteiger partial charge in [0.25, 0.3) is 0 Å². The average Bonchev–Trinajstić information content (AvgIpc) is 2.33. The van der Waals surface area contributed by atoms with Crippen LogP contribution in [0.1, 0.15) is 32.8 Å². The third-order valence-electron chi connectivity index (χ3n) is 2.75. The van der Waals surface area contributed by atoms with E-state index in [9.17, 15) is 17.1 Å². The molecule has 1 aromatic rings. The average molecular weight is 331 g/mol. The molecule has 0 saturated carbocycles. The van der Waals surface area contributed by atoms with E-state index in [-0.39, 0.29) is 0 Å². The van der Waals surface area contributed by atoms with Gasteiger partial charge in [0.05, 0.1) is 0 Å². The topological polar surface area (TPSA) is 72.5 Å². The molecule has 1 amide bonds. The summed E-state index contributed by atoms with van der Waals surface area (Å²) in [6.07, 6.45) is 0.0673. The Bertz CT molecular complexity index is 581. The van der Waals surface area contributed by atoms with Crippen LogP contribution in [-0.2, 0) is 21.4 Å². The maximum atomic E-state index is 12.9. The summed E-state index contributed by atoms with van der Waals surface area (Å²) in [5.41, 5.74) is 0.276. The number of hydrogen-bond donors (Lipinski definition) is 1. The maximum absolute atomic E-state index is 12.9. The smallest absolute Gasteiger partial charge is 0.407 e. The molecule has 0 radical (unpaired) electrons. The van der Waals surface area contributed by atoms with E-state index >= 15 is 0 Å². The fourth-order valence-electron chi connectivity index (χ4n) is 1.90. The normalized spacial score (nSPS) is 13.5. The Morgan fingerprint density at radius 2 is 1.86 bits per heavy atom. The Kier molecular flexibility index (Phi) is 6.34. The molecule has 1 atom stereocenters. The van der Waals surface area contributed by atoms with Crippen molar-refractivity contribution in [2.24, 2.45) is 0 Å². The third-order valence-corrected chi connectivity index (χ3v) is 3.55. The van der Waals surface area contributed by atoms with E-state index < -0.39 is 33.7 Å². The van der Waals surface area contributed by atoms with Crippen molar-refractivity contribution in [2.75, 3.05) is 5.75 Å². The van der Waals surface area contributed by atoms with Gasteiger partial charge in [-0.15, -0.1) is 3.89 Å². The molecule has 0 saturated heterocycles. The summed E-state index contributed by atoms with van der Waals surface area (Å²) < 4.78 is 39.7. The van der Waals surface area contributed by atoms with Crippen LogP contribution in [0.3, 0.4) is 0 Å². The lowest BCUT2D eigenvalue weighted by atomic mass is 10.1. The van der Waals surface area contributed by atoms with Crippen LogP contribution in [0.5, 0.6) is 0 Å². The number of benzene rings is 1. The summed E-state index contributed by atoms with van der Waals surface area (Å²) in [6.45, 7) is 5.08. The number of carbonyl (C=O) groups is 1. The lowest BCUT2D eigenvalue weighted by molar-refractivity contribution is 0.0507. The van der Waals surface area contributed by atoms with Crippen LogP contribution in [0.15, 0.2) is 30.3 Å². The first-order valence-corrected chi connectivity index (χ1v) is 8.56. The van der Waals surface area contributed by atoms with E-state index in [2.05, 4.69) is 5.32 Å². The molecule has 0 heterocycles. The summed E-state index contributed by atoms with van der Waals surface area (Å²) in [6, 6.07) is 8.51. The quantitative estimate of drug-likeness (QED) is 0.814. The molecular formula is C15H22FNO4S. The van der Waals surface area contributed by atoms with Crippen LogP contribution < -0.4 is 5.32 Å². The lowest BCUT2D eigenvalue weighted by Gasteiger charge is -2.23. The molecule has 1 N–H and O–H groups in total. The number of nitrogens with one attached hydrogen (secondary N) is 1. The Morgan fingerprint density at radius 1 is 1.27 bits per heavy atom. The second-order valence-electron chi connectivity index (χ2n) is 6.07. The van der Waals surface area contributed by atoms with Crippen molar-refractivity contribution in [2.45, 2.75) is 45.3 Å². The van der Waals surface area contributed by atoms with Crippen LogP contribution in [0, 0.1) is 0 Å². The van der Waals surface area contributed by atoms with Gasteiger partial charge in [-0.2, -0.15) is 8.42 Å². The lowest BCUT2D eigenvalue weighted by Crippen LogP contribution is -2.42. The number of alkyl carbamates (subject to hydrolysis) is 1. The largest absolute Gasteiger partial charge is 0.444 e. The summed E-state index contributed by atoms with van der Waals surface area (Å²) in [5.74, 6) is -0.765. The van der Waals surface area contributed by atoms with Crippen molar-refractivity contribution in [1.82, 2.24) is 5.32 Å². The van der Waals surface area contributed by atoms with Gasteiger partial charge in [-0.1, -0.05) is 30.3 Å². The van der Waals surface area contributed by atoms with E-state index in [1.54, 1.807) is 20.8 Å². The molecule has 0 aliphatic rings. The molecule has 1 unspecified atom stereocenters. The summed E-state index contributed by atoms with van der Waals surface area (Å²) in [7, 11) is -4.69. The third kappa shape index (κ3) is 8.61. The highest BCUT2D eigenvalue weighted by Gasteiger charge is 2.23. The van der Waals surface area contributed by atoms with Gasteiger partial charge in [0.2, 0.25) is 0 Å². The van der Waals surface area contributed by atoms with Gasteiger partial charge in [-0.25, -0.2) is 4.79 Å². The Morgan fingerprint density at radius 3 is 2.36 bits per heavy atom. The van der Waals surface area contributed by atoms with Crippen LogP contribution in [0.4, 0.5) is 8.68 Å². The molecule has 22 heavy (non-hydrogen) atoms. The van der Waals surface area contributed by atoms with Crippen molar-refractivity contribution >= 4 is 16.3 Å². The molecule has 5 nitrogen and oxygen atoms in total.